The molecule has 1 amide bonds. The number of carbonyl (C=O) groups excluding carboxylic acids is 1. The van der Waals surface area contributed by atoms with Gasteiger partial charge in [0.15, 0.2) is 0 Å². The molecule has 1 aromatic carbocycles. The summed E-state index contributed by atoms with van der Waals surface area (Å²) in [5, 5.41) is 3.11. The van der Waals surface area contributed by atoms with E-state index in [2.05, 4.69) is 15.3 Å². The minimum Gasteiger partial charge on any atom is -0.397 e. The smallest absolute Gasteiger partial charge is 0.253 e. The van der Waals surface area contributed by atoms with Gasteiger partial charge in [-0.05, 0) is 25.1 Å². The van der Waals surface area contributed by atoms with Crippen LogP contribution in [0.25, 0.3) is 0 Å². The second-order valence-corrected chi connectivity index (χ2v) is 4.39. The van der Waals surface area contributed by atoms with Crippen LogP contribution >= 0.6 is 11.6 Å². The molecule has 5 nitrogen and oxygen atoms in total. The number of halogens is 1. The van der Waals surface area contributed by atoms with Gasteiger partial charge >= 0.3 is 0 Å². The molecule has 1 aromatic heterocycles. The maximum atomic E-state index is 12.0. The summed E-state index contributed by atoms with van der Waals surface area (Å²) in [6, 6.07) is 6.69. The first-order chi connectivity index (χ1) is 9.08. The Balaban J connectivity index is 2.08. The predicted octanol–water partition coefficient (Wildman–Crippen LogP) is 1.95. The molecular weight excluding hydrogens is 264 g/mol. The lowest BCUT2D eigenvalue weighted by molar-refractivity contribution is 0.0951. The maximum absolute atomic E-state index is 12.0. The Morgan fingerprint density at radius 2 is 2.21 bits per heavy atom. The van der Waals surface area contributed by atoms with Crippen molar-refractivity contribution in [2.24, 2.45) is 0 Å². The molecule has 0 bridgehead atoms. The van der Waals surface area contributed by atoms with Gasteiger partial charge in [0.1, 0.15) is 5.82 Å². The molecule has 2 rings (SSSR count). The standard InChI is InChI=1S/C13H13ClN4O/c1-8-16-6-5-9(18-8)7-17-13(19)10-3-2-4-11(14)12(10)15/h2-6H,7,15H2,1H3,(H,17,19). The summed E-state index contributed by atoms with van der Waals surface area (Å²) < 4.78 is 0. The van der Waals surface area contributed by atoms with E-state index >= 15 is 0 Å². The number of nitrogens with two attached hydrogens (primary N) is 1. The van der Waals surface area contributed by atoms with E-state index in [-0.39, 0.29) is 11.6 Å². The molecule has 0 spiro atoms. The first kappa shape index (κ1) is 13.3. The van der Waals surface area contributed by atoms with Crippen molar-refractivity contribution in [2.45, 2.75) is 13.5 Å². The van der Waals surface area contributed by atoms with Gasteiger partial charge in [0.2, 0.25) is 0 Å². The molecule has 98 valence electrons. The summed E-state index contributed by atoms with van der Waals surface area (Å²) in [4.78, 5) is 20.2. The zero-order chi connectivity index (χ0) is 13.8. The Morgan fingerprint density at radius 3 is 2.95 bits per heavy atom. The number of anilines is 1. The average Bonchev–Trinajstić information content (AvgIpc) is 2.39. The van der Waals surface area contributed by atoms with E-state index in [1.54, 1.807) is 37.4 Å². The first-order valence-electron chi connectivity index (χ1n) is 5.68. The van der Waals surface area contributed by atoms with E-state index in [0.717, 1.165) is 5.69 Å². The number of nitrogen functional groups attached to an aromatic ring is 1. The molecule has 0 atom stereocenters. The third kappa shape index (κ3) is 3.20. The molecule has 19 heavy (non-hydrogen) atoms. The fraction of sp³-hybridized carbons (Fsp3) is 0.154. The lowest BCUT2D eigenvalue weighted by Crippen LogP contribution is -2.24. The molecule has 0 aliphatic carbocycles. The van der Waals surface area contributed by atoms with Crippen molar-refractivity contribution in [3.8, 4) is 0 Å². The topological polar surface area (TPSA) is 80.9 Å². The van der Waals surface area contributed by atoms with Gasteiger partial charge in [-0.3, -0.25) is 4.79 Å². The van der Waals surface area contributed by atoms with Gasteiger partial charge in [0.25, 0.3) is 5.91 Å². The summed E-state index contributed by atoms with van der Waals surface area (Å²) in [7, 11) is 0. The molecule has 0 fully saturated rings. The van der Waals surface area contributed by atoms with Crippen LogP contribution in [-0.2, 0) is 6.54 Å². The Kier molecular flexibility index (Phi) is 3.97. The minimum absolute atomic E-state index is 0.278. The number of benzene rings is 1. The van der Waals surface area contributed by atoms with E-state index in [1.807, 2.05) is 0 Å². The van der Waals surface area contributed by atoms with E-state index < -0.39 is 0 Å². The number of rotatable bonds is 3. The molecule has 0 unspecified atom stereocenters. The number of hydrogen-bond donors (Lipinski definition) is 2. The van der Waals surface area contributed by atoms with Crippen molar-refractivity contribution >= 4 is 23.2 Å². The van der Waals surface area contributed by atoms with Crippen LogP contribution in [0.2, 0.25) is 5.02 Å². The number of amides is 1. The molecule has 3 N–H and O–H groups in total. The zero-order valence-electron chi connectivity index (χ0n) is 10.4. The van der Waals surface area contributed by atoms with Crippen LogP contribution in [0.3, 0.4) is 0 Å². The fourth-order valence-electron chi connectivity index (χ4n) is 1.60. The second-order valence-electron chi connectivity index (χ2n) is 3.98. The Bertz CT molecular complexity index is 615. The maximum Gasteiger partial charge on any atom is 0.253 e. The van der Waals surface area contributed by atoms with E-state index in [0.29, 0.717) is 23.0 Å². The highest BCUT2D eigenvalue weighted by atomic mass is 35.5. The number of para-hydroxylation sites is 1. The van der Waals surface area contributed by atoms with Crippen LogP contribution in [-0.4, -0.2) is 15.9 Å². The van der Waals surface area contributed by atoms with Crippen LogP contribution in [0, 0.1) is 6.92 Å². The lowest BCUT2D eigenvalue weighted by atomic mass is 10.1. The minimum atomic E-state index is -0.281. The summed E-state index contributed by atoms with van der Waals surface area (Å²) >= 11 is 5.87. The number of carbonyl (C=O) groups is 1. The van der Waals surface area contributed by atoms with Crippen LogP contribution < -0.4 is 11.1 Å². The molecule has 0 aliphatic rings. The van der Waals surface area contributed by atoms with Gasteiger partial charge in [-0.2, -0.15) is 0 Å². The van der Waals surface area contributed by atoms with E-state index in [1.165, 1.54) is 0 Å². The monoisotopic (exact) mass is 276 g/mol. The molecule has 6 heteroatoms. The normalized spacial score (nSPS) is 10.2. The van der Waals surface area contributed by atoms with Crippen molar-refractivity contribution in [3.63, 3.8) is 0 Å². The van der Waals surface area contributed by atoms with Crippen LogP contribution in [0.1, 0.15) is 21.9 Å². The largest absolute Gasteiger partial charge is 0.397 e. The number of hydrogen-bond acceptors (Lipinski definition) is 4. The Morgan fingerprint density at radius 1 is 1.42 bits per heavy atom. The lowest BCUT2D eigenvalue weighted by Gasteiger charge is -2.08. The van der Waals surface area contributed by atoms with Crippen LogP contribution in [0.15, 0.2) is 30.5 Å². The molecule has 0 saturated carbocycles. The van der Waals surface area contributed by atoms with Gasteiger partial charge in [-0.15, -0.1) is 0 Å². The van der Waals surface area contributed by atoms with Crippen molar-refractivity contribution in [1.29, 1.82) is 0 Å². The van der Waals surface area contributed by atoms with Gasteiger partial charge in [0.05, 0.1) is 28.5 Å². The summed E-state index contributed by atoms with van der Waals surface area (Å²) in [5.74, 6) is 0.380. The zero-order valence-corrected chi connectivity index (χ0v) is 11.1. The van der Waals surface area contributed by atoms with Crippen molar-refractivity contribution in [2.75, 3.05) is 5.73 Å². The first-order valence-corrected chi connectivity index (χ1v) is 6.06. The number of nitrogens with one attached hydrogen (secondary N) is 1. The second kappa shape index (κ2) is 5.67. The SMILES string of the molecule is Cc1nccc(CNC(=O)c2cccc(Cl)c2N)n1. The number of aryl methyl sites for hydroxylation is 1. The van der Waals surface area contributed by atoms with E-state index in [9.17, 15) is 4.79 Å². The van der Waals surface area contributed by atoms with Gasteiger partial charge in [0, 0.05) is 6.20 Å². The van der Waals surface area contributed by atoms with Gasteiger partial charge in [-0.25, -0.2) is 9.97 Å². The molecule has 2 aromatic rings. The predicted molar refractivity (Wildman–Crippen MR) is 73.8 cm³/mol. The number of aromatic nitrogens is 2. The number of nitrogens with zero attached hydrogens (tertiary/aromatic N) is 2. The quantitative estimate of drug-likeness (QED) is 0.840. The highest BCUT2D eigenvalue weighted by molar-refractivity contribution is 6.33. The fourth-order valence-corrected chi connectivity index (χ4v) is 1.78. The van der Waals surface area contributed by atoms with Crippen molar-refractivity contribution in [1.82, 2.24) is 15.3 Å². The van der Waals surface area contributed by atoms with Crippen molar-refractivity contribution < 1.29 is 4.79 Å². The van der Waals surface area contributed by atoms with E-state index in [4.69, 9.17) is 17.3 Å². The molecule has 0 aliphatic heterocycles. The Hall–Kier alpha value is -2.14. The summed E-state index contributed by atoms with van der Waals surface area (Å²) in [5.41, 5.74) is 7.13. The molecule has 1 heterocycles. The highest BCUT2D eigenvalue weighted by Gasteiger charge is 2.11. The summed E-state index contributed by atoms with van der Waals surface area (Å²) in [6.07, 6.45) is 1.65. The summed E-state index contributed by atoms with van der Waals surface area (Å²) in [6.45, 7) is 2.11. The van der Waals surface area contributed by atoms with Crippen LogP contribution in [0.4, 0.5) is 5.69 Å². The third-order valence-electron chi connectivity index (χ3n) is 2.56. The molecular formula is C13H13ClN4O. The average molecular weight is 277 g/mol. The Labute approximate surface area is 115 Å². The third-order valence-corrected chi connectivity index (χ3v) is 2.89. The van der Waals surface area contributed by atoms with Crippen LogP contribution in [0.5, 0.6) is 0 Å². The molecule has 0 radical (unpaired) electrons. The van der Waals surface area contributed by atoms with Gasteiger partial charge in [-0.1, -0.05) is 17.7 Å². The molecule has 0 saturated heterocycles. The van der Waals surface area contributed by atoms with Crippen molar-refractivity contribution in [3.05, 3.63) is 52.6 Å². The highest BCUT2D eigenvalue weighted by Crippen LogP contribution is 2.22. The van der Waals surface area contributed by atoms with Gasteiger partial charge < -0.3 is 11.1 Å².